The quantitative estimate of drug-likeness (QED) is 0.816. The molecule has 0 aromatic heterocycles. The van der Waals surface area contributed by atoms with Gasteiger partial charge in [-0.1, -0.05) is 23.7 Å². The Balaban J connectivity index is 1.95. The number of carbonyl (C=O) groups is 1. The van der Waals surface area contributed by atoms with Crippen molar-refractivity contribution >= 4 is 27.5 Å². The van der Waals surface area contributed by atoms with Crippen LogP contribution in [0.1, 0.15) is 18.5 Å². The first-order chi connectivity index (χ1) is 11.3. The molecule has 1 unspecified atom stereocenters. The van der Waals surface area contributed by atoms with Crippen molar-refractivity contribution in [3.63, 3.8) is 0 Å². The summed E-state index contributed by atoms with van der Waals surface area (Å²) in [5, 5.41) is 8.41. The summed E-state index contributed by atoms with van der Waals surface area (Å²) in [6.07, 6.45) is 0. The predicted molar refractivity (Wildman–Crippen MR) is 91.3 cm³/mol. The van der Waals surface area contributed by atoms with Crippen LogP contribution in [0.4, 0.5) is 0 Å². The van der Waals surface area contributed by atoms with Gasteiger partial charge in [-0.3, -0.25) is 4.79 Å². The minimum atomic E-state index is -3.79. The van der Waals surface area contributed by atoms with Crippen LogP contribution in [-0.4, -0.2) is 20.9 Å². The summed E-state index contributed by atoms with van der Waals surface area (Å²) < 4.78 is 28.1. The van der Waals surface area contributed by atoms with Crippen LogP contribution < -0.4 is 15.2 Å². The molecule has 0 spiro atoms. The Kier molecular flexibility index (Phi) is 5.82. The van der Waals surface area contributed by atoms with Crippen LogP contribution in [0.5, 0.6) is 5.75 Å². The summed E-state index contributed by atoms with van der Waals surface area (Å²) in [6.45, 7) is 1.57. The zero-order valence-electron chi connectivity index (χ0n) is 12.9. The number of hydrogen-bond donors (Lipinski definition) is 2. The summed E-state index contributed by atoms with van der Waals surface area (Å²) >= 11 is 5.77. The van der Waals surface area contributed by atoms with E-state index in [1.165, 1.54) is 12.1 Å². The highest BCUT2D eigenvalue weighted by Gasteiger charge is 2.13. The molecule has 0 radical (unpaired) electrons. The number of rotatable bonds is 6. The first-order valence-electron chi connectivity index (χ1n) is 7.06. The highest BCUT2D eigenvalue weighted by Crippen LogP contribution is 2.17. The number of ether oxygens (including phenoxy) is 1. The summed E-state index contributed by atoms with van der Waals surface area (Å²) in [5.41, 5.74) is 0.626. The molecule has 1 atom stereocenters. The minimum absolute atomic E-state index is 0.00138. The van der Waals surface area contributed by atoms with E-state index in [9.17, 15) is 13.2 Å². The fraction of sp³-hybridized carbons (Fsp3) is 0.188. The zero-order chi connectivity index (χ0) is 17.7. The van der Waals surface area contributed by atoms with Crippen LogP contribution in [0, 0.1) is 0 Å². The Bertz CT molecular complexity index is 822. The van der Waals surface area contributed by atoms with Gasteiger partial charge in [-0.25, -0.2) is 13.6 Å². The van der Waals surface area contributed by atoms with Gasteiger partial charge in [-0.15, -0.1) is 0 Å². The molecule has 0 aliphatic rings. The fourth-order valence-electron chi connectivity index (χ4n) is 2.01. The maximum atomic E-state index is 11.9. The van der Waals surface area contributed by atoms with Gasteiger partial charge in [0.05, 0.1) is 10.9 Å². The maximum Gasteiger partial charge on any atom is 0.258 e. The lowest BCUT2D eigenvalue weighted by molar-refractivity contribution is -0.123. The zero-order valence-corrected chi connectivity index (χ0v) is 14.5. The molecule has 6 nitrogen and oxygen atoms in total. The van der Waals surface area contributed by atoms with Gasteiger partial charge >= 0.3 is 0 Å². The molecule has 2 rings (SSSR count). The van der Waals surface area contributed by atoms with E-state index >= 15 is 0 Å². The van der Waals surface area contributed by atoms with Crippen LogP contribution in [0.25, 0.3) is 0 Å². The SMILES string of the molecule is CC(NC(=O)COc1ccc(Cl)cc1)c1cccc(S(N)(=O)=O)c1. The predicted octanol–water partition coefficient (Wildman–Crippen LogP) is 2.24. The number of benzene rings is 2. The molecule has 128 valence electrons. The van der Waals surface area contributed by atoms with Crippen LogP contribution >= 0.6 is 11.6 Å². The standard InChI is InChI=1S/C16H17ClN2O4S/c1-11(12-3-2-4-15(9-12)24(18,21)22)19-16(20)10-23-14-7-5-13(17)6-8-14/h2-9,11H,10H2,1H3,(H,19,20)(H2,18,21,22). The van der Waals surface area contributed by atoms with Crippen LogP contribution in [0.3, 0.4) is 0 Å². The molecule has 2 aromatic rings. The maximum absolute atomic E-state index is 11.9. The monoisotopic (exact) mass is 368 g/mol. The Morgan fingerprint density at radius 2 is 1.92 bits per heavy atom. The van der Waals surface area contributed by atoms with E-state index in [0.717, 1.165) is 0 Å². The molecule has 0 aliphatic heterocycles. The van der Waals surface area contributed by atoms with Gasteiger partial charge in [-0.2, -0.15) is 0 Å². The molecular formula is C16H17ClN2O4S. The largest absolute Gasteiger partial charge is 0.484 e. The number of primary sulfonamides is 1. The van der Waals surface area contributed by atoms with Crippen LogP contribution in [-0.2, 0) is 14.8 Å². The van der Waals surface area contributed by atoms with Gasteiger partial charge in [0.15, 0.2) is 6.61 Å². The van der Waals surface area contributed by atoms with E-state index in [1.807, 2.05) is 0 Å². The van der Waals surface area contributed by atoms with Crippen molar-refractivity contribution in [1.82, 2.24) is 5.32 Å². The van der Waals surface area contributed by atoms with Crippen molar-refractivity contribution in [3.8, 4) is 5.75 Å². The molecule has 1 amide bonds. The molecule has 0 bridgehead atoms. The van der Waals surface area contributed by atoms with E-state index < -0.39 is 16.1 Å². The van der Waals surface area contributed by atoms with Crippen LogP contribution in [0.2, 0.25) is 5.02 Å². The number of sulfonamides is 1. The first kappa shape index (κ1) is 18.3. The van der Waals surface area contributed by atoms with Gasteiger partial charge in [0.2, 0.25) is 10.0 Å². The minimum Gasteiger partial charge on any atom is -0.484 e. The lowest BCUT2D eigenvalue weighted by Gasteiger charge is -2.15. The third kappa shape index (κ3) is 5.23. The molecule has 0 saturated heterocycles. The second-order valence-corrected chi connectivity index (χ2v) is 7.15. The van der Waals surface area contributed by atoms with E-state index in [1.54, 1.807) is 43.3 Å². The molecule has 0 aliphatic carbocycles. The number of hydrogen-bond acceptors (Lipinski definition) is 4. The molecule has 0 saturated carbocycles. The van der Waals surface area contributed by atoms with Crippen LogP contribution in [0.15, 0.2) is 53.4 Å². The molecule has 0 heterocycles. The van der Waals surface area contributed by atoms with Gasteiger partial charge < -0.3 is 10.1 Å². The lowest BCUT2D eigenvalue weighted by Crippen LogP contribution is -2.31. The Morgan fingerprint density at radius 1 is 1.25 bits per heavy atom. The number of amides is 1. The summed E-state index contributed by atoms with van der Waals surface area (Å²) in [6, 6.07) is 12.4. The van der Waals surface area contributed by atoms with Gasteiger partial charge in [0, 0.05) is 5.02 Å². The van der Waals surface area contributed by atoms with Gasteiger partial charge in [0.1, 0.15) is 5.75 Å². The topological polar surface area (TPSA) is 98.5 Å². The molecule has 8 heteroatoms. The van der Waals surface area contributed by atoms with Gasteiger partial charge in [-0.05, 0) is 48.9 Å². The number of nitrogens with one attached hydrogen (secondary N) is 1. The van der Waals surface area contributed by atoms with E-state index in [-0.39, 0.29) is 17.4 Å². The molecule has 2 aromatic carbocycles. The fourth-order valence-corrected chi connectivity index (χ4v) is 2.70. The van der Waals surface area contributed by atoms with Gasteiger partial charge in [0.25, 0.3) is 5.91 Å². The van der Waals surface area contributed by atoms with E-state index in [2.05, 4.69) is 5.32 Å². The molecule has 0 fully saturated rings. The summed E-state index contributed by atoms with van der Waals surface area (Å²) in [7, 11) is -3.79. The Morgan fingerprint density at radius 3 is 2.54 bits per heavy atom. The Hall–Kier alpha value is -2.09. The highest BCUT2D eigenvalue weighted by atomic mass is 35.5. The van der Waals surface area contributed by atoms with Crippen molar-refractivity contribution in [2.75, 3.05) is 6.61 Å². The first-order valence-corrected chi connectivity index (χ1v) is 8.98. The molecule has 3 N–H and O–H groups in total. The third-order valence-electron chi connectivity index (χ3n) is 3.25. The van der Waals surface area contributed by atoms with Crippen molar-refractivity contribution in [2.45, 2.75) is 17.9 Å². The smallest absolute Gasteiger partial charge is 0.258 e. The van der Waals surface area contributed by atoms with Crippen molar-refractivity contribution in [1.29, 1.82) is 0 Å². The number of nitrogens with two attached hydrogens (primary N) is 1. The van der Waals surface area contributed by atoms with Crippen molar-refractivity contribution in [2.24, 2.45) is 5.14 Å². The summed E-state index contributed by atoms with van der Waals surface area (Å²) in [4.78, 5) is 11.9. The van der Waals surface area contributed by atoms with E-state index in [0.29, 0.717) is 16.3 Å². The Labute approximate surface area is 145 Å². The van der Waals surface area contributed by atoms with Crippen molar-refractivity contribution in [3.05, 3.63) is 59.1 Å². The average molecular weight is 369 g/mol. The second-order valence-electron chi connectivity index (χ2n) is 5.15. The highest BCUT2D eigenvalue weighted by molar-refractivity contribution is 7.89. The molecule has 24 heavy (non-hydrogen) atoms. The second kappa shape index (κ2) is 7.65. The lowest BCUT2D eigenvalue weighted by atomic mass is 10.1. The number of halogens is 1. The van der Waals surface area contributed by atoms with Crippen molar-refractivity contribution < 1.29 is 17.9 Å². The number of carbonyl (C=O) groups excluding carboxylic acids is 1. The normalized spacial score (nSPS) is 12.5. The third-order valence-corrected chi connectivity index (χ3v) is 4.41. The average Bonchev–Trinajstić information content (AvgIpc) is 2.53. The van der Waals surface area contributed by atoms with E-state index in [4.69, 9.17) is 21.5 Å². The summed E-state index contributed by atoms with van der Waals surface area (Å²) in [5.74, 6) is 0.192. The molecular weight excluding hydrogens is 352 g/mol.